The Kier molecular flexibility index (Phi) is 4.37. The molecule has 0 saturated carbocycles. The molecule has 1 fully saturated rings. The van der Waals surface area contributed by atoms with Crippen LogP contribution in [0.4, 0.5) is 0 Å². The normalized spacial score (nSPS) is 19.0. The van der Waals surface area contributed by atoms with E-state index in [-0.39, 0.29) is 0 Å². The molecular formula is C11H21N. The molecule has 1 saturated heterocycles. The van der Waals surface area contributed by atoms with Gasteiger partial charge in [0.1, 0.15) is 0 Å². The van der Waals surface area contributed by atoms with Crippen molar-refractivity contribution < 1.29 is 0 Å². The fourth-order valence-electron chi connectivity index (χ4n) is 2.02. The van der Waals surface area contributed by atoms with E-state index >= 15 is 0 Å². The van der Waals surface area contributed by atoms with Crippen LogP contribution < -0.4 is 5.32 Å². The first-order valence-corrected chi connectivity index (χ1v) is 5.29. The molecule has 0 amide bonds. The Hall–Kier alpha value is -0.300. The maximum atomic E-state index is 3.45. The van der Waals surface area contributed by atoms with Gasteiger partial charge in [0.15, 0.2) is 0 Å². The second-order valence-corrected chi connectivity index (χ2v) is 3.52. The number of allylic oxidation sites excluding steroid dienone is 1. The monoisotopic (exact) mass is 167 g/mol. The summed E-state index contributed by atoms with van der Waals surface area (Å²) in [6.07, 6.45) is 6.47. The highest BCUT2D eigenvalue weighted by Gasteiger charge is 2.06. The van der Waals surface area contributed by atoms with Crippen molar-refractivity contribution in [3.8, 4) is 0 Å². The highest BCUT2D eigenvalue weighted by atomic mass is 14.8. The van der Waals surface area contributed by atoms with Gasteiger partial charge < -0.3 is 5.32 Å². The van der Waals surface area contributed by atoms with Gasteiger partial charge in [0.05, 0.1) is 0 Å². The van der Waals surface area contributed by atoms with Gasteiger partial charge in [0.2, 0.25) is 0 Å². The van der Waals surface area contributed by atoms with Gasteiger partial charge in [0, 0.05) is 0 Å². The standard InChI is InChI=1S/C11H21N/c1-3-10(4-2)11-6-5-8-12-9-7-11/h12H,3-9H2,1-2H3. The van der Waals surface area contributed by atoms with E-state index in [1.807, 2.05) is 0 Å². The quantitative estimate of drug-likeness (QED) is 0.624. The molecule has 0 aromatic rings. The molecule has 0 aromatic heterocycles. The SMILES string of the molecule is CCC(CC)=C1CCCNCC1. The smallest absolute Gasteiger partial charge is 0.00115 e. The third kappa shape index (κ3) is 2.63. The van der Waals surface area contributed by atoms with Gasteiger partial charge in [-0.3, -0.25) is 0 Å². The van der Waals surface area contributed by atoms with Crippen molar-refractivity contribution in [1.29, 1.82) is 0 Å². The number of nitrogens with one attached hydrogen (secondary N) is 1. The first-order chi connectivity index (χ1) is 5.88. The topological polar surface area (TPSA) is 12.0 Å². The molecule has 1 N–H and O–H groups in total. The number of hydrogen-bond donors (Lipinski definition) is 1. The van der Waals surface area contributed by atoms with E-state index in [0.717, 1.165) is 0 Å². The van der Waals surface area contributed by atoms with E-state index in [0.29, 0.717) is 0 Å². The Labute approximate surface area is 76.2 Å². The van der Waals surface area contributed by atoms with Crippen LogP contribution in [0.2, 0.25) is 0 Å². The molecule has 1 aliphatic heterocycles. The van der Waals surface area contributed by atoms with Crippen LogP contribution in [-0.4, -0.2) is 13.1 Å². The Morgan fingerprint density at radius 3 is 2.58 bits per heavy atom. The Balaban J connectivity index is 2.60. The van der Waals surface area contributed by atoms with E-state index < -0.39 is 0 Å². The fraction of sp³-hybridized carbons (Fsp3) is 0.818. The lowest BCUT2D eigenvalue weighted by Crippen LogP contribution is -2.13. The summed E-state index contributed by atoms with van der Waals surface area (Å²) < 4.78 is 0. The molecule has 0 aliphatic carbocycles. The summed E-state index contributed by atoms with van der Waals surface area (Å²) in [5, 5.41) is 3.45. The summed E-state index contributed by atoms with van der Waals surface area (Å²) in [7, 11) is 0. The summed E-state index contributed by atoms with van der Waals surface area (Å²) in [6, 6.07) is 0. The molecule has 1 rings (SSSR count). The van der Waals surface area contributed by atoms with Crippen molar-refractivity contribution in [2.75, 3.05) is 13.1 Å². The first kappa shape index (κ1) is 9.79. The zero-order chi connectivity index (χ0) is 8.81. The molecule has 1 heterocycles. The number of rotatable bonds is 2. The third-order valence-electron chi connectivity index (χ3n) is 2.79. The highest BCUT2D eigenvalue weighted by Crippen LogP contribution is 2.21. The van der Waals surface area contributed by atoms with Gasteiger partial charge >= 0.3 is 0 Å². The molecule has 1 nitrogen and oxygen atoms in total. The zero-order valence-corrected chi connectivity index (χ0v) is 8.45. The van der Waals surface area contributed by atoms with Crippen LogP contribution in [0.25, 0.3) is 0 Å². The number of hydrogen-bond acceptors (Lipinski definition) is 1. The lowest BCUT2D eigenvalue weighted by Gasteiger charge is -2.09. The molecule has 12 heavy (non-hydrogen) atoms. The molecule has 1 heteroatoms. The summed E-state index contributed by atoms with van der Waals surface area (Å²) in [6.45, 7) is 6.97. The minimum Gasteiger partial charge on any atom is -0.316 e. The molecule has 0 bridgehead atoms. The van der Waals surface area contributed by atoms with Crippen LogP contribution in [0.5, 0.6) is 0 Å². The second-order valence-electron chi connectivity index (χ2n) is 3.52. The zero-order valence-electron chi connectivity index (χ0n) is 8.45. The molecule has 70 valence electrons. The molecule has 0 radical (unpaired) electrons. The van der Waals surface area contributed by atoms with Crippen LogP contribution in [-0.2, 0) is 0 Å². The predicted molar refractivity (Wildman–Crippen MR) is 54.3 cm³/mol. The van der Waals surface area contributed by atoms with Gasteiger partial charge in [-0.25, -0.2) is 0 Å². The Morgan fingerprint density at radius 1 is 1.17 bits per heavy atom. The lowest BCUT2D eigenvalue weighted by atomic mass is 9.97. The van der Waals surface area contributed by atoms with Gasteiger partial charge in [-0.1, -0.05) is 25.0 Å². The van der Waals surface area contributed by atoms with Crippen LogP contribution in [0.15, 0.2) is 11.1 Å². The summed E-state index contributed by atoms with van der Waals surface area (Å²) in [5.41, 5.74) is 3.45. The van der Waals surface area contributed by atoms with E-state index in [2.05, 4.69) is 19.2 Å². The van der Waals surface area contributed by atoms with Gasteiger partial charge in [-0.2, -0.15) is 0 Å². The second kappa shape index (κ2) is 5.36. The predicted octanol–water partition coefficient (Wildman–Crippen LogP) is 2.88. The minimum atomic E-state index is 1.19. The summed E-state index contributed by atoms with van der Waals surface area (Å²) in [4.78, 5) is 0. The molecular weight excluding hydrogens is 146 g/mol. The van der Waals surface area contributed by atoms with E-state index in [4.69, 9.17) is 0 Å². The van der Waals surface area contributed by atoms with E-state index in [9.17, 15) is 0 Å². The fourth-order valence-corrected chi connectivity index (χ4v) is 2.02. The largest absolute Gasteiger partial charge is 0.316 e. The van der Waals surface area contributed by atoms with Crippen molar-refractivity contribution >= 4 is 0 Å². The van der Waals surface area contributed by atoms with Gasteiger partial charge in [-0.05, 0) is 45.2 Å². The molecule has 0 unspecified atom stereocenters. The highest BCUT2D eigenvalue weighted by molar-refractivity contribution is 5.14. The third-order valence-corrected chi connectivity index (χ3v) is 2.79. The maximum Gasteiger partial charge on any atom is -0.00115 e. The van der Waals surface area contributed by atoms with E-state index in [1.165, 1.54) is 45.2 Å². The minimum absolute atomic E-state index is 1.19. The summed E-state index contributed by atoms with van der Waals surface area (Å²) >= 11 is 0. The lowest BCUT2D eigenvalue weighted by molar-refractivity contribution is 0.703. The van der Waals surface area contributed by atoms with Crippen LogP contribution in [0.3, 0.4) is 0 Å². The van der Waals surface area contributed by atoms with Crippen LogP contribution >= 0.6 is 0 Å². The van der Waals surface area contributed by atoms with Crippen molar-refractivity contribution in [3.63, 3.8) is 0 Å². The van der Waals surface area contributed by atoms with Crippen molar-refractivity contribution in [1.82, 2.24) is 5.32 Å². The van der Waals surface area contributed by atoms with Crippen molar-refractivity contribution in [3.05, 3.63) is 11.1 Å². The van der Waals surface area contributed by atoms with Crippen molar-refractivity contribution in [2.45, 2.75) is 46.0 Å². The molecule has 0 aromatic carbocycles. The molecule has 0 spiro atoms. The molecule has 1 aliphatic rings. The van der Waals surface area contributed by atoms with E-state index in [1.54, 1.807) is 11.1 Å². The van der Waals surface area contributed by atoms with Gasteiger partial charge in [0.25, 0.3) is 0 Å². The Bertz CT molecular complexity index is 142. The van der Waals surface area contributed by atoms with Gasteiger partial charge in [-0.15, -0.1) is 0 Å². The van der Waals surface area contributed by atoms with Crippen molar-refractivity contribution in [2.24, 2.45) is 0 Å². The molecule has 0 atom stereocenters. The summed E-state index contributed by atoms with van der Waals surface area (Å²) in [5.74, 6) is 0. The van der Waals surface area contributed by atoms with Crippen LogP contribution in [0.1, 0.15) is 46.0 Å². The average Bonchev–Trinajstić information content (AvgIpc) is 2.35. The Morgan fingerprint density at radius 2 is 1.92 bits per heavy atom. The first-order valence-electron chi connectivity index (χ1n) is 5.29. The van der Waals surface area contributed by atoms with Crippen LogP contribution in [0, 0.1) is 0 Å². The average molecular weight is 167 g/mol. The maximum absolute atomic E-state index is 3.45.